The van der Waals surface area contributed by atoms with E-state index in [-0.39, 0.29) is 40.1 Å². The highest BCUT2D eigenvalue weighted by molar-refractivity contribution is 7.91. The first-order valence-electron chi connectivity index (χ1n) is 10.2. The van der Waals surface area contributed by atoms with Crippen LogP contribution in [0, 0.1) is 0 Å². The van der Waals surface area contributed by atoms with Crippen LogP contribution in [-0.4, -0.2) is 36.0 Å². The van der Waals surface area contributed by atoms with Crippen LogP contribution in [0.2, 0.25) is 0 Å². The van der Waals surface area contributed by atoms with Gasteiger partial charge in [-0.05, 0) is 48.1 Å². The van der Waals surface area contributed by atoms with E-state index < -0.39 is 22.0 Å². The summed E-state index contributed by atoms with van der Waals surface area (Å²) >= 11 is 0. The van der Waals surface area contributed by atoms with Gasteiger partial charge in [-0.15, -0.1) is 13.9 Å². The molecule has 11 heteroatoms. The highest BCUT2D eigenvalue weighted by atomic mass is 32.2. The topological polar surface area (TPSA) is 90.2 Å². The number of fused-ring (bicyclic) bond motifs is 3. The molecule has 32 heavy (non-hydrogen) atoms. The number of rotatable bonds is 4. The summed E-state index contributed by atoms with van der Waals surface area (Å²) in [5, 5.41) is 4.48. The van der Waals surface area contributed by atoms with Gasteiger partial charge in [0.25, 0.3) is 5.91 Å². The second-order valence-corrected chi connectivity index (χ2v) is 10.4. The number of carbonyl (C=O) groups excluding carboxylic acids is 1. The van der Waals surface area contributed by atoms with Gasteiger partial charge in [-0.3, -0.25) is 9.69 Å². The smallest absolute Gasteiger partial charge is 0.395 e. The number of alkyl halides is 2. The maximum atomic E-state index is 13.4. The minimum Gasteiger partial charge on any atom is -0.395 e. The Morgan fingerprint density at radius 2 is 1.91 bits per heavy atom. The molecular formula is C21H17F2N3O5S. The van der Waals surface area contributed by atoms with Gasteiger partial charge < -0.3 is 9.47 Å². The highest BCUT2D eigenvalue weighted by Gasteiger charge is 2.45. The van der Waals surface area contributed by atoms with Crippen molar-refractivity contribution in [2.24, 2.45) is 0 Å². The Morgan fingerprint density at radius 3 is 2.59 bits per heavy atom. The SMILES string of the molecule is CCS(=O)(=O)c1c(N2Cc3cc4c(cc3C2=O)OC(F)(F)O4)nn2cc(C3CC3)ccc12. The molecule has 166 valence electrons. The van der Waals surface area contributed by atoms with Crippen LogP contribution in [0.1, 0.15) is 47.2 Å². The number of halogens is 2. The summed E-state index contributed by atoms with van der Waals surface area (Å²) in [4.78, 5) is 14.4. The van der Waals surface area contributed by atoms with E-state index in [1.54, 1.807) is 12.3 Å². The van der Waals surface area contributed by atoms with E-state index in [0.717, 1.165) is 18.4 Å². The normalized spacial score (nSPS) is 19.1. The van der Waals surface area contributed by atoms with Crippen molar-refractivity contribution in [3.05, 3.63) is 47.2 Å². The van der Waals surface area contributed by atoms with Gasteiger partial charge in [0.2, 0.25) is 0 Å². The van der Waals surface area contributed by atoms with E-state index in [2.05, 4.69) is 14.6 Å². The number of hydrogen-bond acceptors (Lipinski definition) is 6. The van der Waals surface area contributed by atoms with Crippen molar-refractivity contribution in [3.63, 3.8) is 0 Å². The molecule has 0 bridgehead atoms. The molecule has 1 fully saturated rings. The first kappa shape index (κ1) is 19.5. The molecule has 0 N–H and O–H groups in total. The zero-order valence-corrected chi connectivity index (χ0v) is 17.7. The molecule has 8 nitrogen and oxygen atoms in total. The third kappa shape index (κ3) is 2.80. The molecule has 1 aromatic carbocycles. The fourth-order valence-corrected chi connectivity index (χ4v) is 5.43. The number of nitrogens with zero attached hydrogens (tertiary/aromatic N) is 3. The molecule has 0 spiro atoms. The number of amides is 1. The zero-order valence-electron chi connectivity index (χ0n) is 16.8. The lowest BCUT2D eigenvalue weighted by Gasteiger charge is -2.14. The largest absolute Gasteiger partial charge is 0.586 e. The molecule has 0 atom stereocenters. The number of hydrogen-bond donors (Lipinski definition) is 0. The van der Waals surface area contributed by atoms with Gasteiger partial charge >= 0.3 is 6.29 Å². The Balaban J connectivity index is 1.48. The van der Waals surface area contributed by atoms with Crippen molar-refractivity contribution in [1.29, 1.82) is 0 Å². The number of aromatic nitrogens is 2. The predicted octanol–water partition coefficient (Wildman–Crippen LogP) is 3.49. The Kier molecular flexibility index (Phi) is 3.76. The summed E-state index contributed by atoms with van der Waals surface area (Å²) < 4.78 is 63.2. The summed E-state index contributed by atoms with van der Waals surface area (Å²) in [5.74, 6) is -0.653. The van der Waals surface area contributed by atoms with E-state index in [4.69, 9.17) is 0 Å². The first-order valence-corrected chi connectivity index (χ1v) is 11.8. The first-order chi connectivity index (χ1) is 15.2. The van der Waals surface area contributed by atoms with Gasteiger partial charge in [-0.25, -0.2) is 12.9 Å². The quantitative estimate of drug-likeness (QED) is 0.591. The number of pyridine rings is 1. The van der Waals surface area contributed by atoms with Crippen LogP contribution in [0.4, 0.5) is 14.6 Å². The van der Waals surface area contributed by atoms with Crippen molar-refractivity contribution in [2.45, 2.75) is 43.4 Å². The van der Waals surface area contributed by atoms with E-state index in [1.165, 1.54) is 28.5 Å². The molecule has 1 saturated carbocycles. The van der Waals surface area contributed by atoms with Crippen LogP contribution < -0.4 is 14.4 Å². The van der Waals surface area contributed by atoms with Gasteiger partial charge in [0.1, 0.15) is 4.90 Å². The molecule has 3 aromatic rings. The minimum absolute atomic E-state index is 0.0184. The summed E-state index contributed by atoms with van der Waals surface area (Å²) in [6, 6.07) is 6.13. The van der Waals surface area contributed by atoms with Gasteiger partial charge in [0.15, 0.2) is 27.2 Å². The Morgan fingerprint density at radius 1 is 1.19 bits per heavy atom. The summed E-state index contributed by atoms with van der Waals surface area (Å²) in [5.41, 5.74) is 2.02. The lowest BCUT2D eigenvalue weighted by molar-refractivity contribution is -0.286. The third-order valence-electron chi connectivity index (χ3n) is 6.02. The molecule has 1 aliphatic carbocycles. The van der Waals surface area contributed by atoms with E-state index in [9.17, 15) is 22.0 Å². The number of sulfone groups is 1. The number of carbonyl (C=O) groups is 1. The van der Waals surface area contributed by atoms with Crippen LogP contribution in [0.15, 0.2) is 35.4 Å². The van der Waals surface area contributed by atoms with Crippen LogP contribution in [0.3, 0.4) is 0 Å². The van der Waals surface area contributed by atoms with Crippen molar-refractivity contribution in [3.8, 4) is 11.5 Å². The fourth-order valence-electron chi connectivity index (χ4n) is 4.23. The number of anilines is 1. The van der Waals surface area contributed by atoms with Gasteiger partial charge in [-0.2, -0.15) is 0 Å². The average Bonchev–Trinajstić information content (AvgIpc) is 3.35. The van der Waals surface area contributed by atoms with Crippen molar-refractivity contribution < 1.29 is 31.5 Å². The Labute approximate surface area is 181 Å². The summed E-state index contributed by atoms with van der Waals surface area (Å²) in [7, 11) is -3.73. The van der Waals surface area contributed by atoms with Crippen LogP contribution in [-0.2, 0) is 16.4 Å². The van der Waals surface area contributed by atoms with E-state index >= 15 is 0 Å². The van der Waals surface area contributed by atoms with Gasteiger partial charge in [-0.1, -0.05) is 13.0 Å². The second-order valence-electron chi connectivity index (χ2n) is 8.14. The summed E-state index contributed by atoms with van der Waals surface area (Å²) in [6.45, 7) is 1.50. The van der Waals surface area contributed by atoms with Gasteiger partial charge in [0, 0.05) is 11.8 Å². The Bertz CT molecular complexity index is 1430. The Hall–Kier alpha value is -3.21. The molecule has 6 rings (SSSR count). The van der Waals surface area contributed by atoms with Crippen molar-refractivity contribution in [1.82, 2.24) is 9.61 Å². The standard InChI is InChI=1S/C21H17F2N3O5S/c1-2-32(28,29)18-15-6-5-12(11-3-4-11)10-26(15)24-19(18)25-9-13-7-16-17(8-14(13)20(25)27)31-21(22,23)30-16/h5-8,10-11H,2-4,9H2,1H3. The lowest BCUT2D eigenvalue weighted by Crippen LogP contribution is -2.26. The third-order valence-corrected chi connectivity index (χ3v) is 7.79. The molecule has 1 amide bonds. The second kappa shape index (κ2) is 6.18. The van der Waals surface area contributed by atoms with Crippen LogP contribution >= 0.6 is 0 Å². The molecule has 2 aromatic heterocycles. The van der Waals surface area contributed by atoms with Crippen molar-refractivity contribution in [2.75, 3.05) is 10.7 Å². The van der Waals surface area contributed by atoms with Crippen LogP contribution in [0.5, 0.6) is 11.5 Å². The fraction of sp³-hybridized carbons (Fsp3) is 0.333. The van der Waals surface area contributed by atoms with Crippen LogP contribution in [0.25, 0.3) is 5.52 Å². The predicted molar refractivity (Wildman–Crippen MR) is 108 cm³/mol. The zero-order chi connectivity index (χ0) is 22.4. The maximum absolute atomic E-state index is 13.4. The molecule has 0 unspecified atom stereocenters. The molecule has 4 heterocycles. The number of benzene rings is 1. The number of ether oxygens (including phenoxy) is 2. The monoisotopic (exact) mass is 461 g/mol. The summed E-state index contributed by atoms with van der Waals surface area (Å²) in [6.07, 6.45) is 0.168. The lowest BCUT2D eigenvalue weighted by atomic mass is 10.1. The maximum Gasteiger partial charge on any atom is 0.586 e. The molecule has 0 radical (unpaired) electrons. The van der Waals surface area contributed by atoms with Gasteiger partial charge in [0.05, 0.1) is 17.8 Å². The van der Waals surface area contributed by atoms with Crippen molar-refractivity contribution >= 4 is 27.1 Å². The molecule has 3 aliphatic rings. The molecule has 0 saturated heterocycles. The van der Waals surface area contributed by atoms with E-state index in [1.807, 2.05) is 6.07 Å². The highest BCUT2D eigenvalue weighted by Crippen LogP contribution is 2.46. The minimum atomic E-state index is -3.79. The average molecular weight is 461 g/mol. The molecular weight excluding hydrogens is 444 g/mol. The van der Waals surface area contributed by atoms with E-state index in [0.29, 0.717) is 17.0 Å². The molecule has 2 aliphatic heterocycles.